The van der Waals surface area contributed by atoms with Crippen LogP contribution in [0.1, 0.15) is 56.2 Å². The van der Waals surface area contributed by atoms with Crippen molar-refractivity contribution >= 4 is 29.3 Å². The molecule has 6 rings (SSSR count). The second kappa shape index (κ2) is 11.1. The van der Waals surface area contributed by atoms with Gasteiger partial charge in [-0.25, -0.2) is 9.88 Å². The molecule has 1 N–H and O–H groups in total. The number of hydrogen-bond acceptors (Lipinski definition) is 7. The molecule has 0 aliphatic carbocycles. The lowest BCUT2D eigenvalue weighted by Gasteiger charge is -2.36. The molecule has 0 saturated carbocycles. The minimum atomic E-state index is -0.703. The van der Waals surface area contributed by atoms with E-state index in [0.717, 1.165) is 16.2 Å². The van der Waals surface area contributed by atoms with Crippen LogP contribution < -0.4 is 4.90 Å². The number of thioether (sulfide) groups is 1. The molecule has 0 spiro atoms. The Morgan fingerprint density at radius 3 is 2.28 bits per heavy atom. The number of ether oxygens (including phenoxy) is 2. The molecule has 3 unspecified atom stereocenters. The van der Waals surface area contributed by atoms with Crippen molar-refractivity contribution in [1.82, 2.24) is 4.98 Å². The molecule has 7 nitrogen and oxygen atoms in total. The Kier molecular flexibility index (Phi) is 7.26. The number of pyridine rings is 1. The van der Waals surface area contributed by atoms with E-state index >= 15 is 0 Å². The van der Waals surface area contributed by atoms with Crippen molar-refractivity contribution in [2.24, 2.45) is 0 Å². The summed E-state index contributed by atoms with van der Waals surface area (Å²) in [5.74, 6) is -0.00496. The summed E-state index contributed by atoms with van der Waals surface area (Å²) < 4.78 is 12.9. The van der Waals surface area contributed by atoms with Gasteiger partial charge in [0.05, 0.1) is 40.7 Å². The summed E-state index contributed by atoms with van der Waals surface area (Å²) in [7, 11) is 0. The number of aliphatic hydroxyl groups is 1. The summed E-state index contributed by atoms with van der Waals surface area (Å²) in [5, 5.41) is 10.4. The Balaban J connectivity index is 1.27. The fourth-order valence-electron chi connectivity index (χ4n) is 4.87. The Morgan fingerprint density at radius 1 is 0.846 bits per heavy atom. The number of imide groups is 1. The van der Waals surface area contributed by atoms with Crippen molar-refractivity contribution in [2.75, 3.05) is 10.7 Å². The largest absolute Gasteiger partial charge is 0.392 e. The van der Waals surface area contributed by atoms with Crippen molar-refractivity contribution in [2.45, 2.75) is 36.6 Å². The Hall–Kier alpha value is -3.82. The van der Waals surface area contributed by atoms with Crippen LogP contribution in [0.15, 0.2) is 102 Å². The summed E-state index contributed by atoms with van der Waals surface area (Å²) in [4.78, 5) is 31.8. The smallest absolute Gasteiger partial charge is 0.266 e. The van der Waals surface area contributed by atoms with Gasteiger partial charge in [-0.2, -0.15) is 0 Å². The monoisotopic (exact) mass is 538 g/mol. The number of aliphatic hydroxyl groups excluding tert-OH is 1. The Labute approximate surface area is 230 Å². The molecule has 196 valence electrons. The molecule has 3 heterocycles. The number of nitrogens with zero attached hydrogens (tertiary/aromatic N) is 2. The molecule has 4 aromatic rings. The highest BCUT2D eigenvalue weighted by atomic mass is 32.2. The van der Waals surface area contributed by atoms with E-state index in [1.165, 1.54) is 4.90 Å². The minimum Gasteiger partial charge on any atom is -0.392 e. The maximum atomic E-state index is 13.1. The number of anilines is 1. The van der Waals surface area contributed by atoms with E-state index in [9.17, 15) is 14.7 Å². The van der Waals surface area contributed by atoms with Crippen molar-refractivity contribution in [1.29, 1.82) is 0 Å². The van der Waals surface area contributed by atoms with Crippen molar-refractivity contribution in [3.05, 3.63) is 125 Å². The van der Waals surface area contributed by atoms with Gasteiger partial charge in [0, 0.05) is 23.9 Å². The highest BCUT2D eigenvalue weighted by Gasteiger charge is 2.37. The zero-order chi connectivity index (χ0) is 26.8. The van der Waals surface area contributed by atoms with Crippen LogP contribution in [0.5, 0.6) is 0 Å². The van der Waals surface area contributed by atoms with Gasteiger partial charge in [-0.1, -0.05) is 54.6 Å². The number of hydrogen-bond donors (Lipinski definition) is 1. The first-order valence-corrected chi connectivity index (χ1v) is 13.7. The predicted molar refractivity (Wildman–Crippen MR) is 147 cm³/mol. The van der Waals surface area contributed by atoms with E-state index in [2.05, 4.69) is 4.98 Å². The highest BCUT2D eigenvalue weighted by molar-refractivity contribution is 7.99. The molecule has 0 radical (unpaired) electrons. The van der Waals surface area contributed by atoms with Crippen molar-refractivity contribution in [3.8, 4) is 0 Å². The Bertz CT molecular complexity index is 1460. The maximum Gasteiger partial charge on any atom is 0.266 e. The lowest BCUT2D eigenvalue weighted by Crippen LogP contribution is -2.32. The maximum absolute atomic E-state index is 13.1. The van der Waals surface area contributed by atoms with Crippen molar-refractivity contribution < 1.29 is 24.2 Å². The van der Waals surface area contributed by atoms with Crippen LogP contribution >= 0.6 is 11.8 Å². The molecule has 3 aromatic carbocycles. The van der Waals surface area contributed by atoms with E-state index in [0.29, 0.717) is 34.6 Å². The van der Waals surface area contributed by atoms with Gasteiger partial charge in [-0.3, -0.25) is 9.59 Å². The third-order valence-corrected chi connectivity index (χ3v) is 7.94. The van der Waals surface area contributed by atoms with Crippen LogP contribution in [0, 0.1) is 0 Å². The molecule has 2 amide bonds. The molecular weight excluding hydrogens is 512 g/mol. The van der Waals surface area contributed by atoms with Gasteiger partial charge >= 0.3 is 0 Å². The van der Waals surface area contributed by atoms with E-state index in [1.54, 1.807) is 60.4 Å². The van der Waals surface area contributed by atoms with Crippen LogP contribution in [0.4, 0.5) is 5.69 Å². The fraction of sp³-hybridized carbons (Fsp3) is 0.194. The lowest BCUT2D eigenvalue weighted by atomic mass is 10.0. The van der Waals surface area contributed by atoms with Gasteiger partial charge in [0.2, 0.25) is 0 Å². The quantitative estimate of drug-likeness (QED) is 0.238. The second-order valence-corrected chi connectivity index (χ2v) is 10.5. The topological polar surface area (TPSA) is 89.0 Å². The van der Waals surface area contributed by atoms with E-state index < -0.39 is 6.29 Å². The summed E-state index contributed by atoms with van der Waals surface area (Å²) in [6.45, 7) is -0.0223. The lowest BCUT2D eigenvalue weighted by molar-refractivity contribution is -0.245. The molecule has 1 aromatic heterocycles. The molecule has 1 saturated heterocycles. The molecule has 2 aliphatic heterocycles. The number of rotatable bonds is 7. The van der Waals surface area contributed by atoms with E-state index in [4.69, 9.17) is 9.47 Å². The average Bonchev–Trinajstić information content (AvgIpc) is 3.26. The van der Waals surface area contributed by atoms with E-state index in [-0.39, 0.29) is 30.6 Å². The van der Waals surface area contributed by atoms with Crippen LogP contribution in [0.3, 0.4) is 0 Å². The van der Waals surface area contributed by atoms with Gasteiger partial charge in [0.15, 0.2) is 6.29 Å². The van der Waals surface area contributed by atoms with Crippen molar-refractivity contribution in [3.63, 3.8) is 0 Å². The van der Waals surface area contributed by atoms with Crippen LogP contribution in [0.2, 0.25) is 0 Å². The molecule has 39 heavy (non-hydrogen) atoms. The third-order valence-electron chi connectivity index (χ3n) is 6.86. The number of aromatic nitrogens is 1. The summed E-state index contributed by atoms with van der Waals surface area (Å²) in [5.41, 5.74) is 3.81. The molecule has 8 heteroatoms. The molecular formula is C31H26N2O5S. The summed E-state index contributed by atoms with van der Waals surface area (Å²) in [6, 6.07) is 27.6. The Morgan fingerprint density at radius 2 is 1.59 bits per heavy atom. The molecule has 2 aliphatic rings. The average molecular weight is 539 g/mol. The number of amides is 2. The van der Waals surface area contributed by atoms with E-state index in [1.807, 2.05) is 48.5 Å². The zero-order valence-electron chi connectivity index (χ0n) is 21.0. The van der Waals surface area contributed by atoms with Crippen LogP contribution in [-0.4, -0.2) is 33.8 Å². The van der Waals surface area contributed by atoms with Gasteiger partial charge < -0.3 is 14.6 Å². The normalized spacial score (nSPS) is 20.7. The number of carbonyl (C=O) groups excluding carboxylic acids is 2. The summed E-state index contributed by atoms with van der Waals surface area (Å²) in [6.07, 6.45) is 1.33. The zero-order valence-corrected chi connectivity index (χ0v) is 21.8. The predicted octanol–water partition coefficient (Wildman–Crippen LogP) is 5.71. The number of fused-ring (bicyclic) bond motifs is 1. The molecule has 1 fully saturated rings. The SMILES string of the molecule is O=C1c2ccccc2C(=O)N1c1cccc(C2OC(CSc3ccccn3)CC(c3ccc(CO)cc3)O2)c1. The summed E-state index contributed by atoms with van der Waals surface area (Å²) >= 11 is 1.62. The van der Waals surface area contributed by atoms with Crippen LogP contribution in [-0.2, 0) is 16.1 Å². The second-order valence-electron chi connectivity index (χ2n) is 9.42. The van der Waals surface area contributed by atoms with Crippen LogP contribution in [0.25, 0.3) is 0 Å². The molecule has 3 atom stereocenters. The first-order valence-electron chi connectivity index (χ1n) is 12.7. The number of benzene rings is 3. The molecule has 0 bridgehead atoms. The third kappa shape index (κ3) is 5.24. The first-order chi connectivity index (χ1) is 19.1. The minimum absolute atomic E-state index is 0.0223. The number of carbonyl (C=O) groups is 2. The standard InChI is InChI=1S/C31H26N2O5S/c34-18-20-11-13-21(14-12-20)27-17-24(19-39-28-10-3-4-15-32-28)37-31(38-27)22-6-5-7-23(16-22)33-29(35)25-8-1-2-9-26(25)30(33)36/h1-16,24,27,31,34H,17-19H2. The van der Waals surface area contributed by atoms with Gasteiger partial charge in [0.1, 0.15) is 0 Å². The van der Waals surface area contributed by atoms with Gasteiger partial charge in [0.25, 0.3) is 11.8 Å². The fourth-order valence-corrected chi connectivity index (χ4v) is 5.75. The van der Waals surface area contributed by atoms with Gasteiger partial charge in [-0.05, 0) is 47.5 Å². The highest BCUT2D eigenvalue weighted by Crippen LogP contribution is 2.40. The first kappa shape index (κ1) is 25.5. The van der Waals surface area contributed by atoms with Gasteiger partial charge in [-0.15, -0.1) is 11.8 Å².